The van der Waals surface area contributed by atoms with Crippen LogP contribution in [0, 0.1) is 0 Å². The maximum Gasteiger partial charge on any atom is 0.418 e. The molecule has 1 amide bonds. The molecule has 0 aliphatic carbocycles. The second-order valence-corrected chi connectivity index (χ2v) is 8.02. The quantitative estimate of drug-likeness (QED) is 0.369. The molecule has 0 saturated carbocycles. The molecule has 0 aliphatic heterocycles. The number of aromatic nitrogens is 4. The summed E-state index contributed by atoms with van der Waals surface area (Å²) in [6, 6.07) is 9.01. The normalized spacial score (nSPS) is 12.5. The number of amides is 1. The third kappa shape index (κ3) is 5.36. The van der Waals surface area contributed by atoms with E-state index in [-0.39, 0.29) is 41.2 Å². The number of ether oxygens (including phenoxy) is 1. The van der Waals surface area contributed by atoms with E-state index in [1.54, 1.807) is 24.3 Å². The van der Waals surface area contributed by atoms with E-state index in [1.165, 1.54) is 19.4 Å². The van der Waals surface area contributed by atoms with E-state index in [9.17, 15) is 23.1 Å². The smallest absolute Gasteiger partial charge is 0.418 e. The Morgan fingerprint density at radius 2 is 1.97 bits per heavy atom. The minimum Gasteiger partial charge on any atom is -0.480 e. The van der Waals surface area contributed by atoms with Gasteiger partial charge in [-0.2, -0.15) is 18.3 Å². The summed E-state index contributed by atoms with van der Waals surface area (Å²) in [5.74, 6) is -0.361. The summed E-state index contributed by atoms with van der Waals surface area (Å²) in [5.41, 5.74) is 0.0443. The number of benzene rings is 1. The fourth-order valence-electron chi connectivity index (χ4n) is 3.56. The Bertz CT molecular complexity index is 1360. The molecule has 0 spiro atoms. The average molecular weight is 506 g/mol. The van der Waals surface area contributed by atoms with Crippen LogP contribution in [0.4, 0.5) is 18.9 Å². The number of carbonyl (C=O) groups is 1. The summed E-state index contributed by atoms with van der Waals surface area (Å²) in [6.45, 7) is 0. The van der Waals surface area contributed by atoms with Crippen molar-refractivity contribution in [1.82, 2.24) is 19.6 Å². The number of aliphatic hydroxyl groups is 1. The lowest BCUT2D eigenvalue weighted by Gasteiger charge is -2.13. The molecule has 8 nitrogen and oxygen atoms in total. The lowest BCUT2D eigenvalue weighted by Crippen LogP contribution is -2.14. The molecule has 1 aromatic carbocycles. The van der Waals surface area contributed by atoms with Gasteiger partial charge in [-0.05, 0) is 36.2 Å². The molecular weight excluding hydrogens is 487 g/mol. The highest BCUT2D eigenvalue weighted by molar-refractivity contribution is 6.30. The number of nitrogens with zero attached hydrogens (tertiary/aromatic N) is 4. The summed E-state index contributed by atoms with van der Waals surface area (Å²) < 4.78 is 46.9. The fourth-order valence-corrected chi connectivity index (χ4v) is 3.68. The monoisotopic (exact) mass is 505 g/mol. The van der Waals surface area contributed by atoms with Gasteiger partial charge in [-0.3, -0.25) is 4.79 Å². The third-order valence-corrected chi connectivity index (χ3v) is 5.52. The zero-order valence-corrected chi connectivity index (χ0v) is 19.0. The largest absolute Gasteiger partial charge is 0.480 e. The summed E-state index contributed by atoms with van der Waals surface area (Å²) in [4.78, 5) is 20.4. The van der Waals surface area contributed by atoms with Crippen LogP contribution in [0.15, 0.2) is 55.1 Å². The molecule has 3 aromatic heterocycles. The Labute approximate surface area is 202 Å². The second kappa shape index (κ2) is 9.88. The molecule has 182 valence electrons. The Morgan fingerprint density at radius 3 is 2.66 bits per heavy atom. The molecule has 4 aromatic rings. The number of hydrogen-bond acceptors (Lipinski definition) is 6. The van der Waals surface area contributed by atoms with E-state index in [0.717, 1.165) is 23.1 Å². The van der Waals surface area contributed by atoms with Crippen molar-refractivity contribution in [3.63, 3.8) is 0 Å². The highest BCUT2D eigenvalue weighted by Gasteiger charge is 2.35. The first-order valence-corrected chi connectivity index (χ1v) is 10.7. The number of aliphatic hydroxyl groups excluding tert-OH is 1. The second-order valence-electron chi connectivity index (χ2n) is 7.58. The van der Waals surface area contributed by atoms with Crippen molar-refractivity contribution in [2.75, 3.05) is 12.4 Å². The van der Waals surface area contributed by atoms with Crippen LogP contribution in [0.1, 0.15) is 30.1 Å². The molecule has 2 N–H and O–H groups in total. The first-order chi connectivity index (χ1) is 16.7. The van der Waals surface area contributed by atoms with Gasteiger partial charge in [0.25, 0.3) is 0 Å². The Hall–Kier alpha value is -3.70. The summed E-state index contributed by atoms with van der Waals surface area (Å²) in [7, 11) is 1.35. The van der Waals surface area contributed by atoms with Gasteiger partial charge in [0.15, 0.2) is 0 Å². The lowest BCUT2D eigenvalue weighted by molar-refractivity contribution is -0.136. The van der Waals surface area contributed by atoms with E-state index in [1.807, 2.05) is 0 Å². The maximum atomic E-state index is 13.5. The third-order valence-electron chi connectivity index (χ3n) is 5.26. The topological polar surface area (TPSA) is 102 Å². The zero-order valence-electron chi connectivity index (χ0n) is 18.3. The van der Waals surface area contributed by atoms with Crippen LogP contribution in [0.5, 0.6) is 5.88 Å². The van der Waals surface area contributed by atoms with Crippen molar-refractivity contribution >= 4 is 28.7 Å². The van der Waals surface area contributed by atoms with Gasteiger partial charge >= 0.3 is 6.18 Å². The molecule has 1 atom stereocenters. The van der Waals surface area contributed by atoms with Crippen molar-refractivity contribution < 1.29 is 27.8 Å². The van der Waals surface area contributed by atoms with Crippen LogP contribution in [-0.2, 0) is 11.0 Å². The van der Waals surface area contributed by atoms with Gasteiger partial charge < -0.3 is 15.2 Å². The van der Waals surface area contributed by atoms with Crippen molar-refractivity contribution in [2.45, 2.75) is 25.1 Å². The van der Waals surface area contributed by atoms with Gasteiger partial charge in [0, 0.05) is 23.2 Å². The number of alkyl halides is 3. The minimum atomic E-state index is -4.61. The molecule has 35 heavy (non-hydrogen) atoms. The van der Waals surface area contributed by atoms with Crippen LogP contribution in [0.3, 0.4) is 0 Å². The molecule has 1 unspecified atom stereocenters. The van der Waals surface area contributed by atoms with Gasteiger partial charge in [0.2, 0.25) is 11.8 Å². The first-order valence-electron chi connectivity index (χ1n) is 10.3. The van der Waals surface area contributed by atoms with E-state index < -0.39 is 23.8 Å². The Morgan fingerprint density at radius 1 is 1.23 bits per heavy atom. The Balaban J connectivity index is 1.57. The molecule has 12 heteroatoms. The minimum absolute atomic E-state index is 0.0311. The van der Waals surface area contributed by atoms with Gasteiger partial charge in [-0.25, -0.2) is 14.5 Å². The van der Waals surface area contributed by atoms with E-state index >= 15 is 0 Å². The van der Waals surface area contributed by atoms with Crippen molar-refractivity contribution in [1.29, 1.82) is 0 Å². The van der Waals surface area contributed by atoms with Crippen LogP contribution in [0.2, 0.25) is 5.02 Å². The van der Waals surface area contributed by atoms with E-state index in [2.05, 4.69) is 20.4 Å². The SMILES string of the molecule is COc1ncc(-c2cc(C(F)(F)F)c3cncnn23)cc1NC(=O)CCC(O)c1ccc(Cl)cc1. The van der Waals surface area contributed by atoms with Crippen LogP contribution in [0.25, 0.3) is 16.8 Å². The molecule has 0 radical (unpaired) electrons. The van der Waals surface area contributed by atoms with E-state index in [4.69, 9.17) is 16.3 Å². The van der Waals surface area contributed by atoms with Crippen LogP contribution >= 0.6 is 11.6 Å². The first kappa shape index (κ1) is 24.4. The molecule has 0 fully saturated rings. The highest BCUT2D eigenvalue weighted by atomic mass is 35.5. The highest BCUT2D eigenvalue weighted by Crippen LogP contribution is 2.38. The van der Waals surface area contributed by atoms with Crippen molar-refractivity contribution in [3.05, 3.63) is 71.3 Å². The van der Waals surface area contributed by atoms with Crippen LogP contribution in [-0.4, -0.2) is 37.7 Å². The van der Waals surface area contributed by atoms with Crippen molar-refractivity contribution in [3.8, 4) is 17.1 Å². The van der Waals surface area contributed by atoms with Gasteiger partial charge in [-0.1, -0.05) is 23.7 Å². The number of nitrogens with one attached hydrogen (secondary N) is 1. The number of fused-ring (bicyclic) bond motifs is 1. The van der Waals surface area contributed by atoms with Crippen molar-refractivity contribution in [2.24, 2.45) is 0 Å². The number of anilines is 1. The average Bonchev–Trinajstić information content (AvgIpc) is 3.23. The standard InChI is InChI=1S/C23H19ClF3N5O3/c1-35-22-17(31-21(34)7-6-20(33)13-2-4-15(24)5-3-13)8-14(10-29-22)18-9-16(23(25,26)27)19-11-28-12-30-32(18)19/h2-5,8-12,20,33H,6-7H2,1H3,(H,31,34). The summed E-state index contributed by atoms with van der Waals surface area (Å²) in [5, 5.41) is 17.4. The maximum absolute atomic E-state index is 13.5. The van der Waals surface area contributed by atoms with Gasteiger partial charge in [0.1, 0.15) is 12.0 Å². The number of pyridine rings is 1. The molecule has 0 bridgehead atoms. The fraction of sp³-hybridized carbons (Fsp3) is 0.217. The summed E-state index contributed by atoms with van der Waals surface area (Å²) in [6.07, 6.45) is -1.86. The molecular formula is C23H19ClF3N5O3. The molecule has 0 aliphatic rings. The predicted molar refractivity (Wildman–Crippen MR) is 122 cm³/mol. The molecule has 3 heterocycles. The van der Waals surface area contributed by atoms with E-state index in [0.29, 0.717) is 10.6 Å². The van der Waals surface area contributed by atoms with Gasteiger partial charge in [0.05, 0.1) is 36.2 Å². The Kier molecular flexibility index (Phi) is 6.90. The number of rotatable bonds is 7. The van der Waals surface area contributed by atoms with Gasteiger partial charge in [-0.15, -0.1) is 0 Å². The molecule has 4 rings (SSSR count). The predicted octanol–water partition coefficient (Wildman–Crippen LogP) is 4.92. The number of carbonyl (C=O) groups excluding carboxylic acids is 1. The zero-order chi connectivity index (χ0) is 25.2. The lowest BCUT2D eigenvalue weighted by atomic mass is 10.0. The molecule has 0 saturated heterocycles. The summed E-state index contributed by atoms with van der Waals surface area (Å²) >= 11 is 5.85. The number of hydrogen-bond donors (Lipinski definition) is 2. The number of halogens is 4. The van der Waals surface area contributed by atoms with Crippen LogP contribution < -0.4 is 10.1 Å². The number of methoxy groups -OCH3 is 1.